The fraction of sp³-hybridized carbons (Fsp3) is 0.125. The number of likely N-dealkylation sites (N-methyl/N-ethyl adjacent to an activating group) is 1. The first-order chi connectivity index (χ1) is 15.8. The monoisotopic (exact) mass is 470 g/mol. The van der Waals surface area contributed by atoms with Gasteiger partial charge in [-0.3, -0.25) is 4.79 Å². The number of rotatable bonds is 3. The zero-order chi connectivity index (χ0) is 23.3. The van der Waals surface area contributed by atoms with Crippen molar-refractivity contribution in [3.8, 4) is 5.75 Å². The number of hydrogen-bond acceptors (Lipinski definition) is 5. The number of anilines is 2. The highest BCUT2D eigenvalue weighted by atomic mass is 19.4. The van der Waals surface area contributed by atoms with Crippen LogP contribution in [0.4, 0.5) is 24.5 Å². The normalized spacial score (nSPS) is 19.1. The van der Waals surface area contributed by atoms with E-state index in [1.54, 1.807) is 37.4 Å². The van der Waals surface area contributed by atoms with Crippen molar-refractivity contribution in [2.45, 2.75) is 6.18 Å². The SMILES string of the molecule is COc1ccc(N2C=C3NC=CC=C3C3=C2C(=O)N(c2ccc(C(F)(F)F)cc2)[NH+]3C)cc1.[OH-]. The molecule has 2 aromatic rings. The molecule has 1 atom stereocenters. The van der Waals surface area contributed by atoms with Gasteiger partial charge in [-0.05, 0) is 60.7 Å². The van der Waals surface area contributed by atoms with Gasteiger partial charge in [0.05, 0.1) is 36.7 Å². The first-order valence-electron chi connectivity index (χ1n) is 10.2. The molecule has 0 bridgehead atoms. The third-order valence-electron chi connectivity index (χ3n) is 5.80. The van der Waals surface area contributed by atoms with E-state index in [0.717, 1.165) is 34.8 Å². The van der Waals surface area contributed by atoms with E-state index >= 15 is 0 Å². The molecule has 1 amide bonds. The van der Waals surface area contributed by atoms with Gasteiger partial charge in [0.1, 0.15) is 5.75 Å². The van der Waals surface area contributed by atoms with E-state index in [1.807, 2.05) is 30.5 Å². The summed E-state index contributed by atoms with van der Waals surface area (Å²) < 4.78 is 44.3. The van der Waals surface area contributed by atoms with Gasteiger partial charge in [0.2, 0.25) is 0 Å². The number of quaternary nitrogens is 1. The fourth-order valence-corrected chi connectivity index (χ4v) is 4.22. The van der Waals surface area contributed by atoms with E-state index in [9.17, 15) is 18.0 Å². The van der Waals surface area contributed by atoms with Crippen molar-refractivity contribution in [3.63, 3.8) is 0 Å². The lowest BCUT2D eigenvalue weighted by Crippen LogP contribution is -3.13. The van der Waals surface area contributed by atoms with Crippen molar-refractivity contribution in [3.05, 3.63) is 101 Å². The summed E-state index contributed by atoms with van der Waals surface area (Å²) in [5.41, 5.74) is 3.18. The molecule has 5 rings (SSSR count). The average molecular weight is 470 g/mol. The Morgan fingerprint density at radius 2 is 1.65 bits per heavy atom. The number of carbonyl (C=O) groups excluding carboxylic acids is 1. The van der Waals surface area contributed by atoms with Crippen LogP contribution in [0, 0.1) is 0 Å². The number of alkyl halides is 3. The average Bonchev–Trinajstić information content (AvgIpc) is 3.09. The van der Waals surface area contributed by atoms with Crippen molar-refractivity contribution in [2.75, 3.05) is 24.1 Å². The molecule has 3 heterocycles. The molecule has 0 saturated carbocycles. The predicted molar refractivity (Wildman–Crippen MR) is 119 cm³/mol. The summed E-state index contributed by atoms with van der Waals surface area (Å²) >= 11 is 0. The molecule has 1 unspecified atom stereocenters. The number of dihydropyridines is 1. The molecule has 176 valence electrons. The summed E-state index contributed by atoms with van der Waals surface area (Å²) in [5, 5.41) is 5.31. The van der Waals surface area contributed by atoms with Gasteiger partial charge >= 0.3 is 12.1 Å². The van der Waals surface area contributed by atoms with Gasteiger partial charge in [-0.25, -0.2) is 0 Å². The highest BCUT2D eigenvalue weighted by Crippen LogP contribution is 2.37. The fourth-order valence-electron chi connectivity index (χ4n) is 4.22. The van der Waals surface area contributed by atoms with Crippen LogP contribution in [0.1, 0.15) is 5.56 Å². The number of carbonyl (C=O) groups is 1. The zero-order valence-corrected chi connectivity index (χ0v) is 18.2. The number of methoxy groups -OCH3 is 1. The van der Waals surface area contributed by atoms with Crippen molar-refractivity contribution >= 4 is 17.3 Å². The van der Waals surface area contributed by atoms with Crippen LogP contribution in [0.5, 0.6) is 5.75 Å². The first-order valence-corrected chi connectivity index (χ1v) is 10.2. The van der Waals surface area contributed by atoms with E-state index in [1.165, 1.54) is 17.1 Å². The molecule has 34 heavy (non-hydrogen) atoms. The van der Waals surface area contributed by atoms with Crippen molar-refractivity contribution < 1.29 is 33.2 Å². The minimum absolute atomic E-state index is 0. The van der Waals surface area contributed by atoms with Crippen LogP contribution in [0.3, 0.4) is 0 Å². The van der Waals surface area contributed by atoms with Gasteiger partial charge in [0.25, 0.3) is 0 Å². The van der Waals surface area contributed by atoms with Crippen LogP contribution < -0.4 is 25.0 Å². The lowest BCUT2D eigenvalue weighted by Gasteiger charge is -2.28. The largest absolute Gasteiger partial charge is 0.870 e. The highest BCUT2D eigenvalue weighted by Gasteiger charge is 2.48. The topological polar surface area (TPSA) is 79.2 Å². The van der Waals surface area contributed by atoms with Gasteiger partial charge in [0, 0.05) is 18.1 Å². The number of halogens is 3. The standard InChI is InChI=1S/C24H19F3N4O2.H2O/c1-29-21-19-4-3-13-28-20(19)14-30(16-9-11-18(33-2)12-10-16)22(21)23(32)31(29)17-7-5-15(6-8-17)24(25,26)27;/h3-14,28H,1-2H3;1H2. The first kappa shape index (κ1) is 23.1. The molecular formula is C24H21F3N4O3. The predicted octanol–water partition coefficient (Wildman–Crippen LogP) is 2.93. The smallest absolute Gasteiger partial charge is 0.416 e. The second-order valence-electron chi connectivity index (χ2n) is 7.69. The van der Waals surface area contributed by atoms with Crippen LogP contribution in [-0.4, -0.2) is 25.5 Å². The second kappa shape index (κ2) is 8.40. The Bertz CT molecular complexity index is 1250. The number of allylic oxidation sites excluding steroid dienone is 2. The van der Waals surface area contributed by atoms with Gasteiger partial charge in [-0.2, -0.15) is 18.2 Å². The molecular weight excluding hydrogens is 449 g/mol. The molecule has 3 N–H and O–H groups in total. The molecule has 0 fully saturated rings. The molecule has 0 radical (unpaired) electrons. The summed E-state index contributed by atoms with van der Waals surface area (Å²) in [6.07, 6.45) is 2.96. The van der Waals surface area contributed by atoms with Gasteiger partial charge in [-0.15, -0.1) is 5.01 Å². The Hall–Kier alpha value is -4.02. The van der Waals surface area contributed by atoms with Crippen molar-refractivity contribution in [1.29, 1.82) is 0 Å². The zero-order valence-electron chi connectivity index (χ0n) is 18.2. The molecule has 0 aromatic heterocycles. The number of hydrogen-bond donors (Lipinski definition) is 2. The van der Waals surface area contributed by atoms with E-state index in [0.29, 0.717) is 22.1 Å². The third-order valence-corrected chi connectivity index (χ3v) is 5.80. The van der Waals surface area contributed by atoms with E-state index < -0.39 is 11.7 Å². The Kier molecular flexibility index (Phi) is 5.72. The van der Waals surface area contributed by atoms with E-state index in [-0.39, 0.29) is 11.4 Å². The van der Waals surface area contributed by atoms with Gasteiger partial charge in [0.15, 0.2) is 11.4 Å². The Morgan fingerprint density at radius 1 is 1.00 bits per heavy atom. The number of nitrogens with one attached hydrogen (secondary N) is 2. The minimum atomic E-state index is -4.45. The summed E-state index contributed by atoms with van der Waals surface area (Å²) in [6, 6.07) is 11.9. The van der Waals surface area contributed by atoms with Gasteiger partial charge in [-0.1, -0.05) is 0 Å². The molecule has 3 aliphatic heterocycles. The maximum Gasteiger partial charge on any atom is 0.416 e. The van der Waals surface area contributed by atoms with Crippen LogP contribution in [-0.2, 0) is 11.0 Å². The Morgan fingerprint density at radius 3 is 2.26 bits per heavy atom. The number of ether oxygens (including phenoxy) is 1. The molecule has 0 spiro atoms. The maximum absolute atomic E-state index is 13.7. The van der Waals surface area contributed by atoms with Crippen LogP contribution >= 0.6 is 0 Å². The Labute approximate surface area is 193 Å². The van der Waals surface area contributed by atoms with Crippen LogP contribution in [0.2, 0.25) is 0 Å². The summed E-state index contributed by atoms with van der Waals surface area (Å²) in [4.78, 5) is 15.5. The molecule has 7 nitrogen and oxygen atoms in total. The number of benzene rings is 2. The van der Waals surface area contributed by atoms with Gasteiger partial charge < -0.3 is 20.4 Å². The number of nitrogens with zero attached hydrogens (tertiary/aromatic N) is 2. The van der Waals surface area contributed by atoms with E-state index in [2.05, 4.69) is 5.32 Å². The van der Waals surface area contributed by atoms with Crippen LogP contribution in [0.15, 0.2) is 95.7 Å². The molecule has 0 saturated heterocycles. The highest BCUT2D eigenvalue weighted by molar-refractivity contribution is 6.10. The summed E-state index contributed by atoms with van der Waals surface area (Å²) in [5.74, 6) is 0.368. The molecule has 3 aliphatic rings. The second-order valence-corrected chi connectivity index (χ2v) is 7.69. The van der Waals surface area contributed by atoms with Crippen LogP contribution in [0.25, 0.3) is 0 Å². The maximum atomic E-state index is 13.7. The Balaban J connectivity index is 0.00000274. The quantitative estimate of drug-likeness (QED) is 0.722. The third kappa shape index (κ3) is 3.62. The van der Waals surface area contributed by atoms with Crippen molar-refractivity contribution in [1.82, 2.24) is 5.32 Å². The molecule has 10 heteroatoms. The molecule has 0 aliphatic carbocycles. The minimum Gasteiger partial charge on any atom is -0.870 e. The van der Waals surface area contributed by atoms with E-state index in [4.69, 9.17) is 4.74 Å². The molecule has 2 aromatic carbocycles. The van der Waals surface area contributed by atoms with Crippen molar-refractivity contribution in [2.24, 2.45) is 0 Å². The number of amides is 1. The lowest BCUT2D eigenvalue weighted by molar-refractivity contribution is -0.834. The summed E-state index contributed by atoms with van der Waals surface area (Å²) in [7, 11) is 3.38. The lowest BCUT2D eigenvalue weighted by atomic mass is 10.0. The summed E-state index contributed by atoms with van der Waals surface area (Å²) in [6.45, 7) is 0. The number of fused-ring (bicyclic) bond motifs is 2.